The van der Waals surface area contributed by atoms with E-state index < -0.39 is 15.8 Å². The first-order valence-corrected chi connectivity index (χ1v) is 12.3. The molecule has 4 rings (SSSR count). The summed E-state index contributed by atoms with van der Waals surface area (Å²) in [7, 11) is -3.29. The van der Waals surface area contributed by atoms with Gasteiger partial charge < -0.3 is 10.3 Å². The van der Waals surface area contributed by atoms with Crippen molar-refractivity contribution in [3.05, 3.63) is 35.5 Å². The summed E-state index contributed by atoms with van der Waals surface area (Å²) in [5, 5.41) is 4.37. The molecule has 1 saturated carbocycles. The van der Waals surface area contributed by atoms with Crippen LogP contribution in [0.1, 0.15) is 39.0 Å². The van der Waals surface area contributed by atoms with Crippen LogP contribution in [-0.2, 0) is 10.0 Å². The van der Waals surface area contributed by atoms with Gasteiger partial charge in [-0.25, -0.2) is 32.5 Å². The highest BCUT2D eigenvalue weighted by Crippen LogP contribution is 2.29. The molecule has 0 aliphatic heterocycles. The van der Waals surface area contributed by atoms with Gasteiger partial charge in [-0.15, -0.1) is 0 Å². The van der Waals surface area contributed by atoms with Crippen LogP contribution in [0.5, 0.6) is 0 Å². The topological polar surface area (TPSA) is 113 Å². The highest BCUT2D eigenvalue weighted by molar-refractivity contribution is 7.89. The van der Waals surface area contributed by atoms with Gasteiger partial charge in [0.05, 0.1) is 17.0 Å². The van der Waals surface area contributed by atoms with Gasteiger partial charge in [0, 0.05) is 35.4 Å². The number of H-pyrrole nitrogens is 1. The molecule has 3 aromatic rings. The lowest BCUT2D eigenvalue weighted by Crippen LogP contribution is -2.42. The molecule has 1 aliphatic rings. The van der Waals surface area contributed by atoms with Gasteiger partial charge in [0.2, 0.25) is 10.0 Å². The Labute approximate surface area is 185 Å². The SMILES string of the molecule is CCCS(=O)(=O)NC1CCCC(Nc2nc(-c3c[nH]c4ncc(Cl)cc34)ncc2F)C1. The number of rotatable bonds is 7. The van der Waals surface area contributed by atoms with Crippen LogP contribution in [0, 0.1) is 5.82 Å². The van der Waals surface area contributed by atoms with Gasteiger partial charge in [-0.05, 0) is 38.2 Å². The van der Waals surface area contributed by atoms with Crippen LogP contribution >= 0.6 is 11.6 Å². The standard InChI is InChI=1S/C20H24ClFN6O2S/c1-2-6-31(29,30)28-14-5-3-4-13(8-14)26-20-17(22)11-25-19(27-20)16-10-24-18-15(16)7-12(21)9-23-18/h7,9-11,13-14,28H,2-6,8H2,1H3,(H,23,24)(H,25,26,27). The van der Waals surface area contributed by atoms with Crippen molar-refractivity contribution in [2.75, 3.05) is 11.1 Å². The molecule has 0 amide bonds. The maximum absolute atomic E-state index is 14.5. The Morgan fingerprint density at radius 1 is 1.26 bits per heavy atom. The summed E-state index contributed by atoms with van der Waals surface area (Å²) in [6.07, 6.45) is 7.91. The van der Waals surface area contributed by atoms with Crippen molar-refractivity contribution in [2.45, 2.75) is 51.1 Å². The summed E-state index contributed by atoms with van der Waals surface area (Å²) in [5.41, 5.74) is 1.30. The second kappa shape index (κ2) is 9.05. The minimum absolute atomic E-state index is 0.0939. The highest BCUT2D eigenvalue weighted by atomic mass is 35.5. The lowest BCUT2D eigenvalue weighted by molar-refractivity contribution is 0.384. The van der Waals surface area contributed by atoms with Gasteiger partial charge >= 0.3 is 0 Å². The van der Waals surface area contributed by atoms with Crippen molar-refractivity contribution >= 4 is 38.5 Å². The number of fused-ring (bicyclic) bond motifs is 1. The Balaban J connectivity index is 1.53. The van der Waals surface area contributed by atoms with E-state index in [1.54, 1.807) is 12.3 Å². The van der Waals surface area contributed by atoms with E-state index in [4.69, 9.17) is 11.6 Å². The van der Waals surface area contributed by atoms with Crippen LogP contribution in [0.4, 0.5) is 10.2 Å². The molecule has 3 N–H and O–H groups in total. The first-order chi connectivity index (χ1) is 14.8. The maximum Gasteiger partial charge on any atom is 0.211 e. The van der Waals surface area contributed by atoms with Gasteiger partial charge in [-0.3, -0.25) is 0 Å². The Morgan fingerprint density at radius 2 is 2.06 bits per heavy atom. The third kappa shape index (κ3) is 5.13. The van der Waals surface area contributed by atoms with Crippen LogP contribution in [0.3, 0.4) is 0 Å². The van der Waals surface area contributed by atoms with Crippen LogP contribution in [-0.4, -0.2) is 46.2 Å². The molecule has 3 heterocycles. The minimum atomic E-state index is -3.29. The lowest BCUT2D eigenvalue weighted by Gasteiger charge is -2.30. The number of nitrogens with one attached hydrogen (secondary N) is 3. The molecule has 2 unspecified atom stereocenters. The number of aromatic nitrogens is 4. The molecule has 3 aromatic heterocycles. The second-order valence-corrected chi connectivity index (χ2v) is 10.1. The third-order valence-electron chi connectivity index (χ3n) is 5.32. The first-order valence-electron chi connectivity index (χ1n) is 10.3. The average Bonchev–Trinajstić information content (AvgIpc) is 3.12. The van der Waals surface area contributed by atoms with Crippen molar-refractivity contribution in [1.82, 2.24) is 24.7 Å². The van der Waals surface area contributed by atoms with E-state index in [1.165, 1.54) is 6.20 Å². The maximum atomic E-state index is 14.5. The Hall–Kier alpha value is -2.30. The van der Waals surface area contributed by atoms with E-state index in [2.05, 4.69) is 30.0 Å². The van der Waals surface area contributed by atoms with Gasteiger partial charge in [0.25, 0.3) is 0 Å². The molecule has 11 heteroatoms. The molecule has 1 fully saturated rings. The summed E-state index contributed by atoms with van der Waals surface area (Å²) < 4.78 is 41.4. The zero-order valence-electron chi connectivity index (χ0n) is 17.0. The fourth-order valence-electron chi connectivity index (χ4n) is 3.96. The molecule has 1 aliphatic carbocycles. The number of pyridine rings is 1. The molecule has 0 bridgehead atoms. The van der Waals surface area contributed by atoms with Crippen molar-refractivity contribution in [3.8, 4) is 11.4 Å². The predicted molar refractivity (Wildman–Crippen MR) is 119 cm³/mol. The zero-order chi connectivity index (χ0) is 22.0. The molecule has 0 radical (unpaired) electrons. The number of nitrogens with zero attached hydrogens (tertiary/aromatic N) is 3. The number of anilines is 1. The summed E-state index contributed by atoms with van der Waals surface area (Å²) in [4.78, 5) is 15.8. The zero-order valence-corrected chi connectivity index (χ0v) is 18.6. The predicted octanol–water partition coefficient (Wildman–Crippen LogP) is 3.86. The monoisotopic (exact) mass is 466 g/mol. The van der Waals surface area contributed by atoms with E-state index in [0.717, 1.165) is 30.8 Å². The van der Waals surface area contributed by atoms with Crippen molar-refractivity contribution in [1.29, 1.82) is 0 Å². The number of sulfonamides is 1. The Morgan fingerprint density at radius 3 is 2.87 bits per heavy atom. The van der Waals surface area contributed by atoms with Crippen LogP contribution in [0.2, 0.25) is 5.02 Å². The van der Waals surface area contributed by atoms with Gasteiger partial charge in [-0.1, -0.05) is 18.5 Å². The highest BCUT2D eigenvalue weighted by Gasteiger charge is 2.26. The van der Waals surface area contributed by atoms with Gasteiger partial charge in [0.1, 0.15) is 5.65 Å². The van der Waals surface area contributed by atoms with Crippen molar-refractivity contribution in [2.24, 2.45) is 0 Å². The molecule has 0 saturated heterocycles. The summed E-state index contributed by atoms with van der Waals surface area (Å²) in [6.45, 7) is 1.83. The quantitative estimate of drug-likeness (QED) is 0.487. The second-order valence-electron chi connectivity index (χ2n) is 7.78. The lowest BCUT2D eigenvalue weighted by atomic mass is 9.91. The van der Waals surface area contributed by atoms with E-state index in [-0.39, 0.29) is 23.7 Å². The summed E-state index contributed by atoms with van der Waals surface area (Å²) in [6, 6.07) is 1.48. The normalized spacial score (nSPS) is 19.6. The van der Waals surface area contributed by atoms with Crippen molar-refractivity contribution in [3.63, 3.8) is 0 Å². The molecule has 0 spiro atoms. The molecule has 2 atom stereocenters. The molecular weight excluding hydrogens is 443 g/mol. The molecule has 0 aromatic carbocycles. The number of halogens is 2. The van der Waals surface area contributed by atoms with Crippen LogP contribution < -0.4 is 10.0 Å². The van der Waals surface area contributed by atoms with E-state index in [1.807, 2.05) is 6.92 Å². The average molecular weight is 467 g/mol. The van der Waals surface area contributed by atoms with E-state index >= 15 is 0 Å². The third-order valence-corrected chi connectivity index (χ3v) is 7.16. The van der Waals surface area contributed by atoms with Crippen LogP contribution in [0.25, 0.3) is 22.4 Å². The van der Waals surface area contributed by atoms with Gasteiger partial charge in [0.15, 0.2) is 17.5 Å². The van der Waals surface area contributed by atoms with Crippen molar-refractivity contribution < 1.29 is 12.8 Å². The van der Waals surface area contributed by atoms with E-state index in [0.29, 0.717) is 34.9 Å². The fourth-order valence-corrected chi connectivity index (χ4v) is 5.50. The molecule has 8 nitrogen and oxygen atoms in total. The van der Waals surface area contributed by atoms with Crippen LogP contribution in [0.15, 0.2) is 24.7 Å². The number of aromatic amines is 1. The fraction of sp³-hybridized carbons (Fsp3) is 0.450. The van der Waals surface area contributed by atoms with E-state index in [9.17, 15) is 12.8 Å². The molecular formula is C20H24ClFN6O2S. The Bertz CT molecular complexity index is 1190. The minimum Gasteiger partial charge on any atom is -0.365 e. The summed E-state index contributed by atoms with van der Waals surface area (Å²) >= 11 is 6.06. The Kier molecular flexibility index (Phi) is 6.40. The molecule has 31 heavy (non-hydrogen) atoms. The van der Waals surface area contributed by atoms with Gasteiger partial charge in [-0.2, -0.15) is 0 Å². The number of hydrogen-bond donors (Lipinski definition) is 3. The first kappa shape index (κ1) is 21.9. The smallest absolute Gasteiger partial charge is 0.211 e. The summed E-state index contributed by atoms with van der Waals surface area (Å²) in [5.74, 6) is -0.0188. The number of hydrogen-bond acceptors (Lipinski definition) is 6. The molecule has 166 valence electrons. The largest absolute Gasteiger partial charge is 0.365 e.